The van der Waals surface area contributed by atoms with E-state index in [1.165, 1.54) is 0 Å². The van der Waals surface area contributed by atoms with Gasteiger partial charge >= 0.3 is 0 Å². The monoisotopic (exact) mass is 167 g/mol. The van der Waals surface area contributed by atoms with E-state index < -0.39 is 0 Å². The van der Waals surface area contributed by atoms with Crippen molar-refractivity contribution in [1.82, 2.24) is 0 Å². The molecule has 0 saturated heterocycles. The summed E-state index contributed by atoms with van der Waals surface area (Å²) in [6.45, 7) is 2.07. The second kappa shape index (κ2) is 3.79. The molecule has 1 atom stereocenters. The van der Waals surface area contributed by atoms with E-state index in [1.807, 2.05) is 24.3 Å². The number of nitrogens with two attached hydrogens (primary N) is 1. The van der Waals surface area contributed by atoms with E-state index in [-0.39, 0.29) is 6.04 Å². The molecule has 1 aromatic carbocycles. The Labute approximate surface area is 73.0 Å². The highest BCUT2D eigenvalue weighted by Gasteiger charge is 2.04. The summed E-state index contributed by atoms with van der Waals surface area (Å²) < 4.78 is 0. The molecule has 1 aromatic rings. The van der Waals surface area contributed by atoms with E-state index in [4.69, 9.17) is 5.73 Å². The third kappa shape index (κ3) is 1.98. The van der Waals surface area contributed by atoms with E-state index in [0.29, 0.717) is 0 Å². The SMILES string of the molecule is CCC(N)c1ccccc1S. The summed E-state index contributed by atoms with van der Waals surface area (Å²) in [5, 5.41) is 0. The van der Waals surface area contributed by atoms with Gasteiger partial charge in [-0.3, -0.25) is 0 Å². The van der Waals surface area contributed by atoms with Crippen LogP contribution in [0.4, 0.5) is 0 Å². The van der Waals surface area contributed by atoms with Gasteiger partial charge in [-0.15, -0.1) is 12.6 Å². The Hall–Kier alpha value is -0.470. The minimum atomic E-state index is 0.128. The first kappa shape index (κ1) is 8.62. The maximum Gasteiger partial charge on any atom is 0.0303 e. The van der Waals surface area contributed by atoms with Gasteiger partial charge in [-0.05, 0) is 18.1 Å². The van der Waals surface area contributed by atoms with Crippen molar-refractivity contribution in [3.05, 3.63) is 29.8 Å². The van der Waals surface area contributed by atoms with Crippen LogP contribution in [0.15, 0.2) is 29.2 Å². The van der Waals surface area contributed by atoms with E-state index in [1.54, 1.807) is 0 Å². The van der Waals surface area contributed by atoms with E-state index in [9.17, 15) is 0 Å². The Balaban J connectivity index is 2.93. The fourth-order valence-electron chi connectivity index (χ4n) is 1.02. The molecule has 0 aliphatic rings. The van der Waals surface area contributed by atoms with Crippen molar-refractivity contribution in [3.63, 3.8) is 0 Å². The molecule has 2 heteroatoms. The van der Waals surface area contributed by atoms with E-state index >= 15 is 0 Å². The largest absolute Gasteiger partial charge is 0.324 e. The number of thiol groups is 1. The Bertz CT molecular complexity index is 235. The van der Waals surface area contributed by atoms with Gasteiger partial charge in [0.15, 0.2) is 0 Å². The van der Waals surface area contributed by atoms with Crippen LogP contribution >= 0.6 is 12.6 Å². The molecular formula is C9H13NS. The minimum absolute atomic E-state index is 0.128. The molecule has 0 radical (unpaired) electrons. The lowest BCUT2D eigenvalue weighted by molar-refractivity contribution is 0.686. The molecule has 0 aliphatic carbocycles. The summed E-state index contributed by atoms with van der Waals surface area (Å²) in [5.74, 6) is 0. The molecule has 2 N–H and O–H groups in total. The first-order valence-corrected chi connectivity index (χ1v) is 4.24. The van der Waals surface area contributed by atoms with Gasteiger partial charge in [0, 0.05) is 10.9 Å². The molecule has 11 heavy (non-hydrogen) atoms. The van der Waals surface area contributed by atoms with E-state index in [2.05, 4.69) is 19.6 Å². The smallest absolute Gasteiger partial charge is 0.0303 e. The van der Waals surface area contributed by atoms with Crippen LogP contribution in [0.5, 0.6) is 0 Å². The lowest BCUT2D eigenvalue weighted by Crippen LogP contribution is -2.08. The van der Waals surface area contributed by atoms with Crippen molar-refractivity contribution < 1.29 is 0 Å². The van der Waals surface area contributed by atoms with Gasteiger partial charge in [-0.1, -0.05) is 25.1 Å². The molecular weight excluding hydrogens is 154 g/mol. The zero-order valence-electron chi connectivity index (χ0n) is 6.62. The molecule has 0 aromatic heterocycles. The molecule has 0 bridgehead atoms. The van der Waals surface area contributed by atoms with Gasteiger partial charge in [0.25, 0.3) is 0 Å². The zero-order valence-corrected chi connectivity index (χ0v) is 7.51. The average molecular weight is 167 g/mol. The van der Waals surface area contributed by atoms with Crippen molar-refractivity contribution in [2.45, 2.75) is 24.3 Å². The van der Waals surface area contributed by atoms with Gasteiger partial charge in [-0.2, -0.15) is 0 Å². The van der Waals surface area contributed by atoms with Crippen molar-refractivity contribution in [2.75, 3.05) is 0 Å². The summed E-state index contributed by atoms with van der Waals surface area (Å²) in [6.07, 6.45) is 0.956. The third-order valence-electron chi connectivity index (χ3n) is 1.78. The third-order valence-corrected chi connectivity index (χ3v) is 2.18. The van der Waals surface area contributed by atoms with Crippen LogP contribution in [0.25, 0.3) is 0 Å². The van der Waals surface area contributed by atoms with Crippen LogP contribution < -0.4 is 5.73 Å². The zero-order chi connectivity index (χ0) is 8.27. The molecule has 0 heterocycles. The highest BCUT2D eigenvalue weighted by atomic mass is 32.1. The van der Waals surface area contributed by atoms with Gasteiger partial charge in [0.05, 0.1) is 0 Å². The molecule has 60 valence electrons. The standard InChI is InChI=1S/C9H13NS/c1-2-8(10)7-5-3-4-6-9(7)11/h3-6,8,11H,2,10H2,1H3. The maximum atomic E-state index is 5.85. The fourth-order valence-corrected chi connectivity index (χ4v) is 1.35. The molecule has 1 unspecified atom stereocenters. The second-order valence-corrected chi connectivity index (χ2v) is 3.06. The number of hydrogen-bond acceptors (Lipinski definition) is 2. The first-order valence-electron chi connectivity index (χ1n) is 3.79. The van der Waals surface area contributed by atoms with Crippen LogP contribution in [0.3, 0.4) is 0 Å². The summed E-state index contributed by atoms with van der Waals surface area (Å²) >= 11 is 4.31. The maximum absolute atomic E-state index is 5.85. The predicted molar refractivity (Wildman–Crippen MR) is 50.9 cm³/mol. The summed E-state index contributed by atoms with van der Waals surface area (Å²) in [7, 11) is 0. The van der Waals surface area contributed by atoms with Crippen LogP contribution in [0.1, 0.15) is 24.9 Å². The Morgan fingerprint density at radius 3 is 2.64 bits per heavy atom. The van der Waals surface area contributed by atoms with Gasteiger partial charge in [0.2, 0.25) is 0 Å². The quantitative estimate of drug-likeness (QED) is 0.650. The molecule has 0 spiro atoms. The van der Waals surface area contributed by atoms with Crippen molar-refractivity contribution >= 4 is 12.6 Å². The molecule has 1 nitrogen and oxygen atoms in total. The summed E-state index contributed by atoms with van der Waals surface area (Å²) in [4.78, 5) is 0.988. The highest BCUT2D eigenvalue weighted by Crippen LogP contribution is 2.20. The Morgan fingerprint density at radius 2 is 2.09 bits per heavy atom. The topological polar surface area (TPSA) is 26.0 Å². The Kier molecular flexibility index (Phi) is 2.97. The molecule has 0 fully saturated rings. The summed E-state index contributed by atoms with van der Waals surface area (Å²) in [6, 6.07) is 8.08. The first-order chi connectivity index (χ1) is 5.25. The van der Waals surface area contributed by atoms with Crippen LogP contribution in [0, 0.1) is 0 Å². The second-order valence-electron chi connectivity index (χ2n) is 2.57. The Morgan fingerprint density at radius 1 is 1.45 bits per heavy atom. The lowest BCUT2D eigenvalue weighted by Gasteiger charge is -2.10. The van der Waals surface area contributed by atoms with Gasteiger partial charge < -0.3 is 5.73 Å². The predicted octanol–water partition coefficient (Wildman–Crippen LogP) is 2.39. The van der Waals surface area contributed by atoms with Crippen LogP contribution in [-0.2, 0) is 0 Å². The van der Waals surface area contributed by atoms with E-state index in [0.717, 1.165) is 16.9 Å². The van der Waals surface area contributed by atoms with Crippen LogP contribution in [-0.4, -0.2) is 0 Å². The van der Waals surface area contributed by atoms with Gasteiger partial charge in [-0.25, -0.2) is 0 Å². The normalized spacial score (nSPS) is 13.0. The van der Waals surface area contributed by atoms with Crippen molar-refractivity contribution in [2.24, 2.45) is 5.73 Å². The number of rotatable bonds is 2. The van der Waals surface area contributed by atoms with Crippen LogP contribution in [0.2, 0.25) is 0 Å². The average Bonchev–Trinajstić information content (AvgIpc) is 2.04. The summed E-state index contributed by atoms with van der Waals surface area (Å²) in [5.41, 5.74) is 6.98. The molecule has 0 saturated carbocycles. The minimum Gasteiger partial charge on any atom is -0.324 e. The lowest BCUT2D eigenvalue weighted by atomic mass is 10.1. The number of hydrogen-bond donors (Lipinski definition) is 2. The highest BCUT2D eigenvalue weighted by molar-refractivity contribution is 7.80. The number of benzene rings is 1. The van der Waals surface area contributed by atoms with Crippen molar-refractivity contribution in [3.8, 4) is 0 Å². The van der Waals surface area contributed by atoms with Gasteiger partial charge in [0.1, 0.15) is 0 Å². The molecule has 0 aliphatic heterocycles. The molecule has 0 amide bonds. The van der Waals surface area contributed by atoms with Crippen molar-refractivity contribution in [1.29, 1.82) is 0 Å². The fraction of sp³-hybridized carbons (Fsp3) is 0.333. The molecule has 1 rings (SSSR count).